The zero-order valence-corrected chi connectivity index (χ0v) is 16.8. The average Bonchev–Trinajstić information content (AvgIpc) is 3.07. The van der Waals surface area contributed by atoms with Crippen LogP contribution in [0.5, 0.6) is 0 Å². The molecule has 5 nitrogen and oxygen atoms in total. The minimum Gasteiger partial charge on any atom is -0.462 e. The number of nitrogens with one attached hydrogen (secondary N) is 1. The van der Waals surface area contributed by atoms with Gasteiger partial charge in [-0.25, -0.2) is 26.7 Å². The number of likely N-dealkylation sites (N-methyl/N-ethyl adjacent to an activating group) is 1. The number of esters is 1. The second kappa shape index (κ2) is 8.68. The van der Waals surface area contributed by atoms with Crippen LogP contribution in [0.25, 0.3) is 0 Å². The van der Waals surface area contributed by atoms with Crippen LogP contribution in [0, 0.1) is 29.1 Å². The molecule has 0 atom stereocenters. The Hall–Kier alpha value is -2.53. The molecule has 2 aromatic rings. The fourth-order valence-electron chi connectivity index (χ4n) is 3.20. The summed E-state index contributed by atoms with van der Waals surface area (Å²) in [7, 11) is 0. The maximum absolute atomic E-state index is 14.0. The maximum atomic E-state index is 14.0. The first-order valence-corrected chi connectivity index (χ1v) is 9.89. The standard InChI is InChI=1S/C19H17F5N2O3S/c1-3-26-6-5-8-9(7-26)30-18(10(8)19(28)29-4-2)25-17(27)11-12(20)14(22)16(24)15(23)13(11)21/h3-7H2,1-2H3,(H,25,27). The molecule has 162 valence electrons. The quantitative estimate of drug-likeness (QED) is 0.322. The molecule has 3 rings (SSSR count). The summed E-state index contributed by atoms with van der Waals surface area (Å²) in [6.07, 6.45) is 0.478. The fourth-order valence-corrected chi connectivity index (χ4v) is 4.48. The Balaban J connectivity index is 2.04. The predicted octanol–water partition coefficient (Wildman–Crippen LogP) is 4.25. The molecule has 30 heavy (non-hydrogen) atoms. The number of carbonyl (C=O) groups excluding carboxylic acids is 2. The minimum atomic E-state index is -2.36. The third-order valence-corrected chi connectivity index (χ3v) is 5.86. The van der Waals surface area contributed by atoms with Crippen LogP contribution in [-0.4, -0.2) is 36.5 Å². The Morgan fingerprint density at radius 2 is 1.60 bits per heavy atom. The number of thiophene rings is 1. The Labute approximate surface area is 172 Å². The van der Waals surface area contributed by atoms with Gasteiger partial charge in [0.2, 0.25) is 5.82 Å². The molecule has 1 amide bonds. The van der Waals surface area contributed by atoms with Gasteiger partial charge in [0.1, 0.15) is 10.6 Å². The van der Waals surface area contributed by atoms with Crippen LogP contribution in [0.2, 0.25) is 0 Å². The Kier molecular flexibility index (Phi) is 6.41. The van der Waals surface area contributed by atoms with Crippen molar-refractivity contribution in [1.29, 1.82) is 0 Å². The number of rotatable bonds is 5. The van der Waals surface area contributed by atoms with E-state index < -0.39 is 46.5 Å². The Bertz CT molecular complexity index is 995. The van der Waals surface area contributed by atoms with Crippen LogP contribution in [0.4, 0.5) is 27.0 Å². The second-order valence-corrected chi connectivity index (χ2v) is 7.55. The first-order valence-electron chi connectivity index (χ1n) is 9.07. The predicted molar refractivity (Wildman–Crippen MR) is 99.1 cm³/mol. The molecule has 1 N–H and O–H groups in total. The molecule has 0 fully saturated rings. The Morgan fingerprint density at radius 1 is 1.00 bits per heavy atom. The van der Waals surface area contributed by atoms with Gasteiger partial charge in [-0.15, -0.1) is 11.3 Å². The highest BCUT2D eigenvalue weighted by molar-refractivity contribution is 7.17. The van der Waals surface area contributed by atoms with E-state index in [2.05, 4.69) is 10.2 Å². The van der Waals surface area contributed by atoms with Crippen LogP contribution >= 0.6 is 11.3 Å². The summed E-state index contributed by atoms with van der Waals surface area (Å²) in [5.74, 6) is -13.6. The number of ether oxygens (including phenoxy) is 1. The molecule has 1 aromatic heterocycles. The monoisotopic (exact) mass is 448 g/mol. The minimum absolute atomic E-state index is 0.0322. The molecule has 2 heterocycles. The number of nitrogens with zero attached hydrogens (tertiary/aromatic N) is 1. The summed E-state index contributed by atoms with van der Waals surface area (Å²) in [6.45, 7) is 5.48. The van der Waals surface area contributed by atoms with Crippen molar-refractivity contribution < 1.29 is 36.3 Å². The van der Waals surface area contributed by atoms with E-state index in [1.54, 1.807) is 6.92 Å². The first-order chi connectivity index (χ1) is 14.2. The first kappa shape index (κ1) is 22.2. The third kappa shape index (κ3) is 3.79. The van der Waals surface area contributed by atoms with Crippen molar-refractivity contribution in [3.8, 4) is 0 Å². The zero-order valence-electron chi connectivity index (χ0n) is 16.0. The molecule has 11 heteroatoms. The number of anilines is 1. The van der Waals surface area contributed by atoms with Gasteiger partial charge in [0.25, 0.3) is 5.91 Å². The van der Waals surface area contributed by atoms with Crippen LogP contribution in [0.1, 0.15) is 45.0 Å². The molecule has 0 saturated heterocycles. The molecule has 0 bridgehead atoms. The van der Waals surface area contributed by atoms with Gasteiger partial charge in [-0.1, -0.05) is 6.92 Å². The van der Waals surface area contributed by atoms with Gasteiger partial charge in [0.15, 0.2) is 23.3 Å². The molecule has 0 unspecified atom stereocenters. The SMILES string of the molecule is CCOC(=O)c1c(NC(=O)c2c(F)c(F)c(F)c(F)c2F)sc2c1CCN(CC)C2. The van der Waals surface area contributed by atoms with Gasteiger partial charge in [-0.2, -0.15) is 0 Å². The van der Waals surface area contributed by atoms with Crippen molar-refractivity contribution in [2.24, 2.45) is 0 Å². The highest BCUT2D eigenvalue weighted by Gasteiger charge is 2.33. The lowest BCUT2D eigenvalue weighted by atomic mass is 10.0. The lowest BCUT2D eigenvalue weighted by molar-refractivity contribution is 0.0526. The van der Waals surface area contributed by atoms with Gasteiger partial charge in [0.05, 0.1) is 12.2 Å². The van der Waals surface area contributed by atoms with Crippen LogP contribution in [-0.2, 0) is 17.7 Å². The number of benzene rings is 1. The van der Waals surface area contributed by atoms with Gasteiger partial charge in [-0.05, 0) is 25.5 Å². The van der Waals surface area contributed by atoms with E-state index in [1.807, 2.05) is 6.92 Å². The van der Waals surface area contributed by atoms with Crippen molar-refractivity contribution in [1.82, 2.24) is 4.90 Å². The Morgan fingerprint density at radius 3 is 2.17 bits per heavy atom. The van der Waals surface area contributed by atoms with Crippen molar-refractivity contribution in [3.05, 3.63) is 50.7 Å². The van der Waals surface area contributed by atoms with E-state index in [0.29, 0.717) is 25.1 Å². The average molecular weight is 448 g/mol. The number of hydrogen-bond acceptors (Lipinski definition) is 5. The molecule has 0 aliphatic carbocycles. The van der Waals surface area contributed by atoms with Crippen LogP contribution < -0.4 is 5.32 Å². The fraction of sp³-hybridized carbons (Fsp3) is 0.368. The van der Waals surface area contributed by atoms with Crippen LogP contribution in [0.15, 0.2) is 0 Å². The smallest absolute Gasteiger partial charge is 0.341 e. The van der Waals surface area contributed by atoms with Gasteiger partial charge in [0, 0.05) is 18.0 Å². The summed E-state index contributed by atoms with van der Waals surface area (Å²) >= 11 is 1.00. The number of amides is 1. The zero-order chi connectivity index (χ0) is 22.2. The third-order valence-electron chi connectivity index (χ3n) is 4.73. The van der Waals surface area contributed by atoms with Gasteiger partial charge >= 0.3 is 5.97 Å². The molecule has 0 spiro atoms. The molecule has 0 saturated carbocycles. The van der Waals surface area contributed by atoms with Crippen molar-refractivity contribution in [2.75, 3.05) is 25.0 Å². The highest BCUT2D eigenvalue weighted by atomic mass is 32.1. The molecule has 0 radical (unpaired) electrons. The number of halogens is 5. The maximum Gasteiger partial charge on any atom is 0.341 e. The lowest BCUT2D eigenvalue weighted by Gasteiger charge is -2.25. The summed E-state index contributed by atoms with van der Waals surface area (Å²) in [4.78, 5) is 27.7. The largest absolute Gasteiger partial charge is 0.462 e. The van der Waals surface area contributed by atoms with E-state index in [9.17, 15) is 31.5 Å². The summed E-state index contributed by atoms with van der Waals surface area (Å²) in [6, 6.07) is 0. The van der Waals surface area contributed by atoms with Gasteiger partial charge < -0.3 is 10.1 Å². The molecular formula is C19H17F5N2O3S. The lowest BCUT2D eigenvalue weighted by Crippen LogP contribution is -2.30. The van der Waals surface area contributed by atoms with E-state index in [1.165, 1.54) is 0 Å². The topological polar surface area (TPSA) is 58.6 Å². The highest BCUT2D eigenvalue weighted by Crippen LogP contribution is 2.38. The van der Waals surface area contributed by atoms with E-state index >= 15 is 0 Å². The summed E-state index contributed by atoms with van der Waals surface area (Å²) in [5, 5.41) is 2.07. The normalized spacial score (nSPS) is 13.8. The van der Waals surface area contributed by atoms with Gasteiger partial charge in [-0.3, -0.25) is 9.69 Å². The van der Waals surface area contributed by atoms with Crippen molar-refractivity contribution in [2.45, 2.75) is 26.8 Å². The number of hydrogen-bond donors (Lipinski definition) is 1. The molecule has 1 aliphatic rings. The summed E-state index contributed by atoms with van der Waals surface area (Å²) in [5.41, 5.74) is -0.955. The van der Waals surface area contributed by atoms with Crippen molar-refractivity contribution >= 4 is 28.2 Å². The van der Waals surface area contributed by atoms with Crippen LogP contribution in [0.3, 0.4) is 0 Å². The van der Waals surface area contributed by atoms with Crippen molar-refractivity contribution in [3.63, 3.8) is 0 Å². The number of carbonyl (C=O) groups is 2. The second-order valence-electron chi connectivity index (χ2n) is 6.45. The van der Waals surface area contributed by atoms with E-state index in [4.69, 9.17) is 4.74 Å². The van der Waals surface area contributed by atoms with E-state index in [0.717, 1.165) is 22.8 Å². The molecular weight excluding hydrogens is 431 g/mol. The number of fused-ring (bicyclic) bond motifs is 1. The van der Waals surface area contributed by atoms with E-state index in [-0.39, 0.29) is 17.2 Å². The summed E-state index contributed by atoms with van der Waals surface area (Å²) < 4.78 is 73.1. The molecule has 1 aromatic carbocycles. The molecule has 1 aliphatic heterocycles.